The molecule has 0 spiro atoms. The predicted molar refractivity (Wildman–Crippen MR) is 54.6 cm³/mol. The number of rotatable bonds is 3. The van der Waals surface area contributed by atoms with Crippen molar-refractivity contribution in [2.75, 3.05) is 5.73 Å². The van der Waals surface area contributed by atoms with Crippen LogP contribution in [0, 0.1) is 0 Å². The number of anilines is 1. The average molecular weight is 175 g/mol. The average Bonchev–Trinajstić information content (AvgIpc) is 2.04. The summed E-state index contributed by atoms with van der Waals surface area (Å²) in [6.45, 7) is 5.54. The van der Waals surface area contributed by atoms with Gasteiger partial charge in [-0.15, -0.1) is 0 Å². The maximum atomic E-state index is 11.5. The lowest BCUT2D eigenvalue weighted by molar-refractivity contribution is 0.0993. The molecule has 1 aromatic carbocycles. The Labute approximate surface area is 78.1 Å². The molecule has 0 aliphatic rings. The van der Waals surface area contributed by atoms with E-state index in [1.807, 2.05) is 6.92 Å². The van der Waals surface area contributed by atoms with Gasteiger partial charge in [0.2, 0.25) is 0 Å². The van der Waals surface area contributed by atoms with Crippen molar-refractivity contribution in [2.24, 2.45) is 0 Å². The molecule has 0 radical (unpaired) electrons. The Balaban J connectivity index is 2.78. The second-order valence-electron chi connectivity index (χ2n) is 3.18. The highest BCUT2D eigenvalue weighted by atomic mass is 16.1. The summed E-state index contributed by atoms with van der Waals surface area (Å²) in [6.07, 6.45) is 0.407. The predicted octanol–water partition coefficient (Wildman–Crippen LogP) is 2.42. The largest absolute Gasteiger partial charge is 0.399 e. The first-order valence-electron chi connectivity index (χ1n) is 4.12. The fraction of sp³-hybridized carbons (Fsp3) is 0.182. The minimum Gasteiger partial charge on any atom is -0.399 e. The van der Waals surface area contributed by atoms with Crippen LogP contribution in [0.15, 0.2) is 36.4 Å². The number of hydrogen-bond acceptors (Lipinski definition) is 2. The van der Waals surface area contributed by atoms with Gasteiger partial charge in [0.15, 0.2) is 5.78 Å². The van der Waals surface area contributed by atoms with Gasteiger partial charge < -0.3 is 5.73 Å². The lowest BCUT2D eigenvalue weighted by atomic mass is 10.0. The molecule has 0 aliphatic heterocycles. The minimum absolute atomic E-state index is 0.0903. The van der Waals surface area contributed by atoms with Gasteiger partial charge in [0, 0.05) is 17.7 Å². The number of allylic oxidation sites excluding steroid dienone is 1. The molecule has 0 saturated heterocycles. The van der Waals surface area contributed by atoms with Crippen LogP contribution in [0.2, 0.25) is 0 Å². The van der Waals surface area contributed by atoms with E-state index < -0.39 is 0 Å². The summed E-state index contributed by atoms with van der Waals surface area (Å²) < 4.78 is 0. The summed E-state index contributed by atoms with van der Waals surface area (Å²) in [5.74, 6) is 0.0903. The number of hydrogen-bond donors (Lipinski definition) is 1. The third kappa shape index (κ3) is 2.75. The topological polar surface area (TPSA) is 43.1 Å². The molecular formula is C11H13NO. The van der Waals surface area contributed by atoms with Gasteiger partial charge >= 0.3 is 0 Å². The molecule has 0 heterocycles. The van der Waals surface area contributed by atoms with Crippen LogP contribution in [-0.2, 0) is 0 Å². The summed E-state index contributed by atoms with van der Waals surface area (Å²) in [5.41, 5.74) is 7.74. The lowest BCUT2D eigenvalue weighted by Gasteiger charge is -2.00. The van der Waals surface area contributed by atoms with Crippen molar-refractivity contribution < 1.29 is 4.79 Å². The van der Waals surface area contributed by atoms with Crippen LogP contribution < -0.4 is 5.73 Å². The van der Waals surface area contributed by atoms with E-state index >= 15 is 0 Å². The van der Waals surface area contributed by atoms with Crippen molar-refractivity contribution >= 4 is 11.5 Å². The van der Waals surface area contributed by atoms with Crippen LogP contribution >= 0.6 is 0 Å². The van der Waals surface area contributed by atoms with Crippen LogP contribution in [0.5, 0.6) is 0 Å². The quantitative estimate of drug-likeness (QED) is 0.435. The molecule has 0 unspecified atom stereocenters. The van der Waals surface area contributed by atoms with Gasteiger partial charge in [-0.3, -0.25) is 4.79 Å². The van der Waals surface area contributed by atoms with Crippen LogP contribution in [0.1, 0.15) is 23.7 Å². The van der Waals surface area contributed by atoms with Crippen molar-refractivity contribution in [3.05, 3.63) is 42.0 Å². The van der Waals surface area contributed by atoms with Gasteiger partial charge in [0.1, 0.15) is 0 Å². The second kappa shape index (κ2) is 3.90. The summed E-state index contributed by atoms with van der Waals surface area (Å²) in [5, 5.41) is 0. The Morgan fingerprint density at radius 2 is 1.92 bits per heavy atom. The fourth-order valence-electron chi connectivity index (χ4n) is 1.05. The first-order valence-corrected chi connectivity index (χ1v) is 4.12. The Morgan fingerprint density at radius 1 is 1.38 bits per heavy atom. The van der Waals surface area contributed by atoms with Crippen LogP contribution in [0.4, 0.5) is 5.69 Å². The van der Waals surface area contributed by atoms with Crippen LogP contribution in [-0.4, -0.2) is 5.78 Å². The van der Waals surface area contributed by atoms with Crippen molar-refractivity contribution in [3.63, 3.8) is 0 Å². The summed E-state index contributed by atoms with van der Waals surface area (Å²) in [6, 6.07) is 6.93. The molecule has 13 heavy (non-hydrogen) atoms. The van der Waals surface area contributed by atoms with E-state index in [0.717, 1.165) is 5.57 Å². The minimum atomic E-state index is 0.0903. The van der Waals surface area contributed by atoms with E-state index in [0.29, 0.717) is 17.7 Å². The van der Waals surface area contributed by atoms with Gasteiger partial charge in [0.25, 0.3) is 0 Å². The summed E-state index contributed by atoms with van der Waals surface area (Å²) in [4.78, 5) is 11.5. The third-order valence-electron chi connectivity index (χ3n) is 1.69. The molecule has 1 aromatic rings. The van der Waals surface area contributed by atoms with Gasteiger partial charge in [-0.2, -0.15) is 0 Å². The molecule has 0 bridgehead atoms. The molecule has 68 valence electrons. The number of carbonyl (C=O) groups is 1. The Kier molecular flexibility index (Phi) is 2.85. The zero-order valence-electron chi connectivity index (χ0n) is 7.71. The highest BCUT2D eigenvalue weighted by Crippen LogP contribution is 2.10. The van der Waals surface area contributed by atoms with E-state index in [1.54, 1.807) is 24.3 Å². The van der Waals surface area contributed by atoms with E-state index in [1.165, 1.54) is 0 Å². The molecule has 1 rings (SSSR count). The number of ketones is 1. The van der Waals surface area contributed by atoms with Gasteiger partial charge in [0.05, 0.1) is 0 Å². The first kappa shape index (κ1) is 9.52. The summed E-state index contributed by atoms with van der Waals surface area (Å²) in [7, 11) is 0. The zero-order valence-corrected chi connectivity index (χ0v) is 7.71. The number of Topliss-reactive ketones (excluding diaryl/α,β-unsaturated/α-hetero) is 1. The molecule has 0 aromatic heterocycles. The lowest BCUT2D eigenvalue weighted by Crippen LogP contribution is -1.99. The molecule has 0 fully saturated rings. The highest BCUT2D eigenvalue weighted by molar-refractivity contribution is 5.97. The van der Waals surface area contributed by atoms with E-state index in [-0.39, 0.29) is 5.78 Å². The zero-order chi connectivity index (χ0) is 9.84. The van der Waals surface area contributed by atoms with Crippen molar-refractivity contribution in [3.8, 4) is 0 Å². The van der Waals surface area contributed by atoms with Gasteiger partial charge in [-0.25, -0.2) is 0 Å². The normalized spacial score (nSPS) is 9.62. The molecule has 0 atom stereocenters. The molecule has 0 aliphatic carbocycles. The fourth-order valence-corrected chi connectivity index (χ4v) is 1.05. The van der Waals surface area contributed by atoms with Crippen molar-refractivity contribution in [1.82, 2.24) is 0 Å². The maximum absolute atomic E-state index is 11.5. The molecule has 2 N–H and O–H groups in total. The molecule has 0 saturated carbocycles. The number of benzene rings is 1. The van der Waals surface area contributed by atoms with E-state index in [2.05, 4.69) is 6.58 Å². The number of nitrogens with two attached hydrogens (primary N) is 1. The monoisotopic (exact) mass is 175 g/mol. The number of carbonyl (C=O) groups excluding carboxylic acids is 1. The van der Waals surface area contributed by atoms with Gasteiger partial charge in [-0.05, 0) is 31.2 Å². The molecular weight excluding hydrogens is 162 g/mol. The first-order chi connectivity index (χ1) is 6.09. The molecule has 0 amide bonds. The maximum Gasteiger partial charge on any atom is 0.166 e. The van der Waals surface area contributed by atoms with Crippen molar-refractivity contribution in [1.29, 1.82) is 0 Å². The second-order valence-corrected chi connectivity index (χ2v) is 3.18. The summed E-state index contributed by atoms with van der Waals surface area (Å²) >= 11 is 0. The Bertz CT molecular complexity index is 324. The van der Waals surface area contributed by atoms with Crippen LogP contribution in [0.3, 0.4) is 0 Å². The van der Waals surface area contributed by atoms with Crippen molar-refractivity contribution in [2.45, 2.75) is 13.3 Å². The standard InChI is InChI=1S/C11H13NO/c1-8(2)7-11(13)9-3-5-10(12)6-4-9/h3-6H,1,7,12H2,2H3. The molecule has 2 nitrogen and oxygen atoms in total. The Morgan fingerprint density at radius 3 is 2.38 bits per heavy atom. The van der Waals surface area contributed by atoms with E-state index in [9.17, 15) is 4.79 Å². The van der Waals surface area contributed by atoms with Gasteiger partial charge in [-0.1, -0.05) is 12.2 Å². The number of nitrogen functional groups attached to an aromatic ring is 1. The highest BCUT2D eigenvalue weighted by Gasteiger charge is 2.04. The third-order valence-corrected chi connectivity index (χ3v) is 1.69. The van der Waals surface area contributed by atoms with Crippen LogP contribution in [0.25, 0.3) is 0 Å². The smallest absolute Gasteiger partial charge is 0.166 e. The molecule has 2 heteroatoms. The Hall–Kier alpha value is -1.57. The SMILES string of the molecule is C=C(C)CC(=O)c1ccc(N)cc1. The van der Waals surface area contributed by atoms with E-state index in [4.69, 9.17) is 5.73 Å².